The minimum absolute atomic E-state index is 0.0571. The second kappa shape index (κ2) is 7.77. The fraction of sp³-hybridized carbons (Fsp3) is 0.444. The van der Waals surface area contributed by atoms with E-state index in [1.165, 1.54) is 16.7 Å². The maximum atomic E-state index is 11.0. The number of aromatic nitrogens is 1. The molecule has 0 radical (unpaired) electrons. The maximum absolute atomic E-state index is 11.0. The van der Waals surface area contributed by atoms with Crippen LogP contribution in [0.4, 0.5) is 0 Å². The van der Waals surface area contributed by atoms with E-state index in [0.29, 0.717) is 6.54 Å². The van der Waals surface area contributed by atoms with Gasteiger partial charge in [0.05, 0.1) is 12.2 Å². The summed E-state index contributed by atoms with van der Waals surface area (Å²) in [5.74, 6) is 0.766. The summed E-state index contributed by atoms with van der Waals surface area (Å²) in [6, 6.07) is 8.17. The smallest absolute Gasteiger partial charge is 0.217 e. The minimum atomic E-state index is -0.0571. The van der Waals surface area contributed by atoms with E-state index in [1.807, 2.05) is 23.5 Å². The van der Waals surface area contributed by atoms with E-state index in [4.69, 9.17) is 4.74 Å². The van der Waals surface area contributed by atoms with Crippen molar-refractivity contribution in [2.75, 3.05) is 13.1 Å². The summed E-state index contributed by atoms with van der Waals surface area (Å²) in [6.07, 6.45) is 2.98. The number of likely N-dealkylation sites (tertiary alicyclic amines) is 1. The highest BCUT2D eigenvalue weighted by atomic mass is 32.1. The molecule has 1 unspecified atom stereocenters. The van der Waals surface area contributed by atoms with E-state index in [1.54, 1.807) is 6.20 Å². The number of thiophene rings is 1. The summed E-state index contributed by atoms with van der Waals surface area (Å²) in [5, 5.41) is 2.75. The van der Waals surface area contributed by atoms with Crippen molar-refractivity contribution in [1.82, 2.24) is 15.2 Å². The van der Waals surface area contributed by atoms with Crippen LogP contribution < -0.4 is 10.1 Å². The first kappa shape index (κ1) is 16.9. The van der Waals surface area contributed by atoms with E-state index < -0.39 is 0 Å². The lowest BCUT2D eigenvalue weighted by Crippen LogP contribution is -2.24. The minimum Gasteiger partial charge on any atom is -0.489 e. The van der Waals surface area contributed by atoms with Crippen molar-refractivity contribution < 1.29 is 9.53 Å². The maximum Gasteiger partial charge on any atom is 0.217 e. The third-order valence-electron chi connectivity index (χ3n) is 4.01. The molecular weight excluding hydrogens is 322 g/mol. The SMILES string of the molecule is CC(=O)NCc1cc(OC2CCN(Cc3ccc(C)s3)C2)ccn1. The molecule has 6 heteroatoms. The Kier molecular flexibility index (Phi) is 5.48. The van der Waals surface area contributed by atoms with Crippen LogP contribution in [0.5, 0.6) is 5.75 Å². The van der Waals surface area contributed by atoms with Crippen molar-refractivity contribution in [3.05, 3.63) is 45.9 Å². The van der Waals surface area contributed by atoms with E-state index in [-0.39, 0.29) is 12.0 Å². The van der Waals surface area contributed by atoms with Gasteiger partial charge in [0.2, 0.25) is 5.91 Å². The Hall–Kier alpha value is -1.92. The molecule has 2 aromatic rings. The molecule has 0 aromatic carbocycles. The largest absolute Gasteiger partial charge is 0.489 e. The van der Waals surface area contributed by atoms with Crippen LogP contribution in [0.25, 0.3) is 0 Å². The zero-order valence-corrected chi connectivity index (χ0v) is 14.9. The molecule has 1 N–H and O–H groups in total. The molecule has 1 aliphatic heterocycles. The standard InChI is InChI=1S/C18H23N3O2S/c1-13-3-4-18(24-13)12-21-8-6-17(11-21)23-16-5-7-19-15(9-16)10-20-14(2)22/h3-5,7,9,17H,6,8,10-12H2,1-2H3,(H,20,22). The summed E-state index contributed by atoms with van der Waals surface area (Å²) >= 11 is 1.86. The van der Waals surface area contributed by atoms with Crippen LogP contribution in [0.15, 0.2) is 30.5 Å². The van der Waals surface area contributed by atoms with Crippen molar-refractivity contribution in [1.29, 1.82) is 0 Å². The van der Waals surface area contributed by atoms with Crippen LogP contribution in [0.1, 0.15) is 28.8 Å². The molecule has 0 bridgehead atoms. The van der Waals surface area contributed by atoms with Gasteiger partial charge in [0, 0.05) is 48.6 Å². The van der Waals surface area contributed by atoms with Gasteiger partial charge in [0.25, 0.3) is 0 Å². The van der Waals surface area contributed by atoms with Gasteiger partial charge in [0.1, 0.15) is 11.9 Å². The second-order valence-electron chi connectivity index (χ2n) is 6.17. The molecule has 0 spiro atoms. The zero-order valence-electron chi connectivity index (χ0n) is 14.1. The first-order chi connectivity index (χ1) is 11.6. The molecule has 128 valence electrons. The average molecular weight is 345 g/mol. The van der Waals surface area contributed by atoms with Crippen LogP contribution >= 0.6 is 11.3 Å². The zero-order chi connectivity index (χ0) is 16.9. The Morgan fingerprint density at radius 2 is 2.33 bits per heavy atom. The second-order valence-corrected chi connectivity index (χ2v) is 7.54. The molecule has 24 heavy (non-hydrogen) atoms. The predicted octanol–water partition coefficient (Wildman–Crippen LogP) is 2.74. The van der Waals surface area contributed by atoms with E-state index in [9.17, 15) is 4.79 Å². The fourth-order valence-electron chi connectivity index (χ4n) is 2.86. The summed E-state index contributed by atoms with van der Waals surface area (Å²) in [4.78, 5) is 20.5. The fourth-order valence-corrected chi connectivity index (χ4v) is 3.79. The molecule has 1 saturated heterocycles. The van der Waals surface area contributed by atoms with Gasteiger partial charge >= 0.3 is 0 Å². The topological polar surface area (TPSA) is 54.5 Å². The lowest BCUT2D eigenvalue weighted by atomic mass is 10.3. The number of amides is 1. The summed E-state index contributed by atoms with van der Waals surface area (Å²) in [6.45, 7) is 7.09. The van der Waals surface area contributed by atoms with Crippen LogP contribution in [-0.4, -0.2) is 35.0 Å². The molecule has 0 saturated carbocycles. The first-order valence-electron chi connectivity index (χ1n) is 8.22. The molecule has 1 amide bonds. The Morgan fingerprint density at radius 3 is 3.08 bits per heavy atom. The predicted molar refractivity (Wildman–Crippen MR) is 95.1 cm³/mol. The van der Waals surface area contributed by atoms with E-state index >= 15 is 0 Å². The molecule has 2 aromatic heterocycles. The van der Waals surface area contributed by atoms with Gasteiger partial charge in [-0.25, -0.2) is 0 Å². The monoisotopic (exact) mass is 345 g/mol. The lowest BCUT2D eigenvalue weighted by Gasteiger charge is -2.16. The molecule has 1 atom stereocenters. The number of hydrogen-bond donors (Lipinski definition) is 1. The normalized spacial score (nSPS) is 17.8. The van der Waals surface area contributed by atoms with Crippen molar-refractivity contribution in [3.63, 3.8) is 0 Å². The van der Waals surface area contributed by atoms with E-state index in [2.05, 4.69) is 34.3 Å². The van der Waals surface area contributed by atoms with Crippen molar-refractivity contribution >= 4 is 17.2 Å². The summed E-state index contributed by atoms with van der Waals surface area (Å²) in [5.41, 5.74) is 0.812. The highest BCUT2D eigenvalue weighted by Crippen LogP contribution is 2.22. The molecule has 5 nitrogen and oxygen atoms in total. The van der Waals surface area contributed by atoms with Gasteiger partial charge in [-0.2, -0.15) is 0 Å². The van der Waals surface area contributed by atoms with Gasteiger partial charge in [-0.1, -0.05) is 0 Å². The number of aryl methyl sites for hydroxylation is 1. The molecule has 1 aliphatic rings. The first-order valence-corrected chi connectivity index (χ1v) is 9.04. The lowest BCUT2D eigenvalue weighted by molar-refractivity contribution is -0.119. The van der Waals surface area contributed by atoms with Crippen LogP contribution in [0, 0.1) is 6.92 Å². The van der Waals surface area contributed by atoms with Crippen molar-refractivity contribution in [2.24, 2.45) is 0 Å². The molecule has 1 fully saturated rings. The number of carbonyl (C=O) groups is 1. The molecular formula is C18H23N3O2S. The van der Waals surface area contributed by atoms with Gasteiger partial charge in [-0.15, -0.1) is 11.3 Å². The van der Waals surface area contributed by atoms with E-state index in [0.717, 1.165) is 37.5 Å². The summed E-state index contributed by atoms with van der Waals surface area (Å²) < 4.78 is 6.10. The van der Waals surface area contributed by atoms with Gasteiger partial charge in [0.15, 0.2) is 0 Å². The quantitative estimate of drug-likeness (QED) is 0.875. The molecule has 3 rings (SSSR count). The van der Waals surface area contributed by atoms with Crippen molar-refractivity contribution in [3.8, 4) is 5.75 Å². The highest BCUT2D eigenvalue weighted by molar-refractivity contribution is 7.11. The number of nitrogens with zero attached hydrogens (tertiary/aromatic N) is 2. The Labute approximate surface area is 146 Å². The third kappa shape index (κ3) is 4.79. The number of rotatable bonds is 6. The summed E-state index contributed by atoms with van der Waals surface area (Å²) in [7, 11) is 0. The Morgan fingerprint density at radius 1 is 1.46 bits per heavy atom. The van der Waals surface area contributed by atoms with Crippen LogP contribution in [0.2, 0.25) is 0 Å². The average Bonchev–Trinajstić information content (AvgIpc) is 3.15. The molecule has 3 heterocycles. The van der Waals surface area contributed by atoms with Crippen LogP contribution in [0.3, 0.4) is 0 Å². The Balaban J connectivity index is 1.51. The third-order valence-corrected chi connectivity index (χ3v) is 5.00. The van der Waals surface area contributed by atoms with Gasteiger partial charge < -0.3 is 10.1 Å². The van der Waals surface area contributed by atoms with Crippen molar-refractivity contribution in [2.45, 2.75) is 39.5 Å². The number of hydrogen-bond acceptors (Lipinski definition) is 5. The van der Waals surface area contributed by atoms with Gasteiger partial charge in [-0.3, -0.25) is 14.7 Å². The number of carbonyl (C=O) groups excluding carboxylic acids is 1. The molecule has 0 aliphatic carbocycles. The number of pyridine rings is 1. The van der Waals surface area contributed by atoms with Gasteiger partial charge in [-0.05, 0) is 31.5 Å². The van der Waals surface area contributed by atoms with Crippen LogP contribution in [-0.2, 0) is 17.9 Å². The highest BCUT2D eigenvalue weighted by Gasteiger charge is 2.24. The number of ether oxygens (including phenoxy) is 1. The Bertz CT molecular complexity index is 701. The number of nitrogens with one attached hydrogen (secondary N) is 1.